The average molecular weight is 501 g/mol. The van der Waals surface area contributed by atoms with Crippen molar-refractivity contribution in [2.75, 3.05) is 0 Å². The molecule has 0 spiro atoms. The first-order chi connectivity index (χ1) is 18.5. The molecule has 5 aromatic rings. The summed E-state index contributed by atoms with van der Waals surface area (Å²) < 4.78 is 2.20. The number of hydrogen-bond donors (Lipinski definition) is 1. The molecule has 0 atom stereocenters. The number of carbonyl (C=O) groups is 1. The van der Waals surface area contributed by atoms with Crippen LogP contribution in [0.25, 0.3) is 28.2 Å². The van der Waals surface area contributed by atoms with Gasteiger partial charge in [-0.25, -0.2) is 5.43 Å². The van der Waals surface area contributed by atoms with Crippen LogP contribution in [-0.2, 0) is 0 Å². The van der Waals surface area contributed by atoms with Gasteiger partial charge in [-0.05, 0) is 48.4 Å². The summed E-state index contributed by atoms with van der Waals surface area (Å²) >= 11 is 0. The van der Waals surface area contributed by atoms with Crippen molar-refractivity contribution < 1.29 is 9.72 Å². The highest BCUT2D eigenvalue weighted by Crippen LogP contribution is 2.35. The number of aryl methyl sites for hydroxylation is 1. The molecule has 1 amide bonds. The number of nitrogens with one attached hydrogen (secondary N) is 1. The average Bonchev–Trinajstić information content (AvgIpc) is 3.33. The number of nitro benzene ring substituents is 1. The minimum absolute atomic E-state index is 0.0801. The van der Waals surface area contributed by atoms with Crippen LogP contribution in [0.15, 0.2) is 120 Å². The Morgan fingerprint density at radius 3 is 2.05 bits per heavy atom. The van der Waals surface area contributed by atoms with E-state index in [9.17, 15) is 14.9 Å². The third kappa shape index (κ3) is 5.12. The molecule has 0 aliphatic rings. The minimum Gasteiger partial charge on any atom is -0.309 e. The van der Waals surface area contributed by atoms with E-state index in [4.69, 9.17) is 0 Å². The van der Waals surface area contributed by atoms with Crippen molar-refractivity contribution in [1.29, 1.82) is 0 Å². The molecule has 0 radical (unpaired) electrons. The van der Waals surface area contributed by atoms with Gasteiger partial charge in [0.15, 0.2) is 0 Å². The Balaban J connectivity index is 1.58. The summed E-state index contributed by atoms with van der Waals surface area (Å²) in [5, 5.41) is 15.1. The van der Waals surface area contributed by atoms with Crippen molar-refractivity contribution in [2.24, 2.45) is 5.10 Å². The highest BCUT2D eigenvalue weighted by atomic mass is 16.6. The molecule has 0 unspecified atom stereocenters. The first-order valence-electron chi connectivity index (χ1n) is 12.0. The minimum atomic E-state index is -0.506. The van der Waals surface area contributed by atoms with Gasteiger partial charge in [-0.3, -0.25) is 14.9 Å². The summed E-state index contributed by atoms with van der Waals surface area (Å²) in [6, 6.07) is 35.9. The zero-order valence-electron chi connectivity index (χ0n) is 20.6. The summed E-state index contributed by atoms with van der Waals surface area (Å²) in [7, 11) is 0. The number of amides is 1. The molecule has 7 nitrogen and oxygen atoms in total. The lowest BCUT2D eigenvalue weighted by Gasteiger charge is -2.15. The normalized spacial score (nSPS) is 11.0. The molecular weight excluding hydrogens is 476 g/mol. The molecule has 0 saturated carbocycles. The van der Waals surface area contributed by atoms with Crippen molar-refractivity contribution in [1.82, 2.24) is 9.99 Å². The van der Waals surface area contributed by atoms with Crippen molar-refractivity contribution in [3.8, 4) is 28.2 Å². The molecule has 0 aliphatic carbocycles. The Kier molecular flexibility index (Phi) is 6.91. The Labute approximate surface area is 219 Å². The maximum atomic E-state index is 12.6. The third-order valence-corrected chi connectivity index (χ3v) is 6.15. The van der Waals surface area contributed by atoms with Crippen LogP contribution in [0.2, 0.25) is 0 Å². The fourth-order valence-electron chi connectivity index (χ4n) is 4.26. The molecule has 1 heterocycles. The number of rotatable bonds is 7. The van der Waals surface area contributed by atoms with Gasteiger partial charge in [-0.15, -0.1) is 0 Å². The molecule has 1 N–H and O–H groups in total. The summed E-state index contributed by atoms with van der Waals surface area (Å²) in [5.74, 6) is -0.460. The van der Waals surface area contributed by atoms with Crippen molar-refractivity contribution >= 4 is 17.8 Å². The monoisotopic (exact) mass is 500 g/mol. The van der Waals surface area contributed by atoms with E-state index in [1.165, 1.54) is 29.8 Å². The van der Waals surface area contributed by atoms with E-state index in [2.05, 4.69) is 64.5 Å². The number of carbonyl (C=O) groups excluding carboxylic acids is 1. The predicted molar refractivity (Wildman–Crippen MR) is 150 cm³/mol. The molecule has 4 aromatic carbocycles. The number of hydrazone groups is 1. The van der Waals surface area contributed by atoms with Crippen LogP contribution in [0, 0.1) is 17.0 Å². The highest BCUT2D eigenvalue weighted by Gasteiger charge is 2.19. The van der Waals surface area contributed by atoms with Gasteiger partial charge in [-0.2, -0.15) is 5.10 Å². The number of benzene rings is 4. The summed E-state index contributed by atoms with van der Waals surface area (Å²) in [4.78, 5) is 23.0. The Bertz CT molecular complexity index is 1610. The van der Waals surface area contributed by atoms with Crippen LogP contribution < -0.4 is 5.43 Å². The summed E-state index contributed by atoms with van der Waals surface area (Å²) in [6.07, 6.45) is 1.63. The predicted octanol–water partition coefficient (Wildman–Crippen LogP) is 6.79. The van der Waals surface area contributed by atoms with E-state index in [1.807, 2.05) is 48.5 Å². The van der Waals surface area contributed by atoms with Gasteiger partial charge in [-0.1, -0.05) is 78.4 Å². The van der Waals surface area contributed by atoms with Gasteiger partial charge in [0.05, 0.1) is 22.5 Å². The lowest BCUT2D eigenvalue weighted by molar-refractivity contribution is -0.384. The van der Waals surface area contributed by atoms with Gasteiger partial charge < -0.3 is 4.57 Å². The number of aromatic nitrogens is 1. The number of non-ortho nitro benzene ring substituents is 1. The molecule has 186 valence electrons. The van der Waals surface area contributed by atoms with Crippen LogP contribution in [0.4, 0.5) is 5.69 Å². The summed E-state index contributed by atoms with van der Waals surface area (Å²) in [6.45, 7) is 2.06. The van der Waals surface area contributed by atoms with Crippen LogP contribution >= 0.6 is 0 Å². The standard InChI is InChI=1S/C31H24N4O3/c1-22-12-16-27(17-13-22)34-29(23-8-4-2-5-9-23)20-26(30(34)24-10-6-3-7-11-24)21-32-33-31(36)25-14-18-28(19-15-25)35(37)38/h2-21H,1H3,(H,33,36)/b32-21+. The first kappa shape index (κ1) is 24.4. The van der Waals surface area contributed by atoms with Gasteiger partial charge >= 0.3 is 0 Å². The SMILES string of the molecule is Cc1ccc(-n2c(-c3ccccc3)cc(/C=N/NC(=O)c3ccc([N+](=O)[O-])cc3)c2-c2ccccc2)cc1. The first-order valence-corrected chi connectivity index (χ1v) is 12.0. The van der Waals surface area contributed by atoms with Crippen LogP contribution in [0.3, 0.4) is 0 Å². The second-order valence-electron chi connectivity index (χ2n) is 8.74. The Morgan fingerprint density at radius 2 is 1.45 bits per heavy atom. The largest absolute Gasteiger partial charge is 0.309 e. The van der Waals surface area contributed by atoms with Gasteiger partial charge in [0.25, 0.3) is 11.6 Å². The Hall–Kier alpha value is -5.30. The van der Waals surface area contributed by atoms with Gasteiger partial charge in [0.2, 0.25) is 0 Å². The second-order valence-corrected chi connectivity index (χ2v) is 8.74. The van der Waals surface area contributed by atoms with Crippen LogP contribution in [-0.4, -0.2) is 21.6 Å². The molecule has 0 saturated heterocycles. The number of hydrogen-bond acceptors (Lipinski definition) is 4. The zero-order chi connectivity index (χ0) is 26.5. The molecule has 0 bridgehead atoms. The van der Waals surface area contributed by atoms with Crippen molar-refractivity contribution in [3.63, 3.8) is 0 Å². The lowest BCUT2D eigenvalue weighted by Crippen LogP contribution is -2.17. The maximum Gasteiger partial charge on any atom is 0.271 e. The van der Waals surface area contributed by atoms with Gasteiger partial charge in [0.1, 0.15) is 0 Å². The topological polar surface area (TPSA) is 89.5 Å². The fourth-order valence-corrected chi connectivity index (χ4v) is 4.26. The number of nitrogens with zero attached hydrogens (tertiary/aromatic N) is 3. The fraction of sp³-hybridized carbons (Fsp3) is 0.0323. The molecule has 38 heavy (non-hydrogen) atoms. The van der Waals surface area contributed by atoms with E-state index >= 15 is 0 Å². The summed E-state index contributed by atoms with van der Waals surface area (Å²) in [5.41, 5.74) is 9.68. The highest BCUT2D eigenvalue weighted by molar-refractivity contribution is 5.97. The molecule has 7 heteroatoms. The Morgan fingerprint density at radius 1 is 0.842 bits per heavy atom. The van der Waals surface area contributed by atoms with E-state index in [-0.39, 0.29) is 11.3 Å². The van der Waals surface area contributed by atoms with Crippen molar-refractivity contribution in [2.45, 2.75) is 6.92 Å². The van der Waals surface area contributed by atoms with Crippen molar-refractivity contribution in [3.05, 3.63) is 142 Å². The molecule has 1 aromatic heterocycles. The van der Waals surface area contributed by atoms with Crippen LogP contribution in [0.1, 0.15) is 21.5 Å². The molecule has 0 fully saturated rings. The van der Waals surface area contributed by atoms with Gasteiger partial charge in [0, 0.05) is 28.9 Å². The molecule has 5 rings (SSSR count). The quantitative estimate of drug-likeness (QED) is 0.152. The maximum absolute atomic E-state index is 12.6. The van der Waals surface area contributed by atoms with E-state index < -0.39 is 10.8 Å². The molecule has 0 aliphatic heterocycles. The lowest BCUT2D eigenvalue weighted by atomic mass is 10.1. The third-order valence-electron chi connectivity index (χ3n) is 6.15. The van der Waals surface area contributed by atoms with E-state index in [1.54, 1.807) is 6.21 Å². The van der Waals surface area contributed by atoms with E-state index in [0.717, 1.165) is 33.8 Å². The molecular formula is C31H24N4O3. The zero-order valence-corrected chi connectivity index (χ0v) is 20.6. The van der Waals surface area contributed by atoms with E-state index in [0.29, 0.717) is 0 Å². The van der Waals surface area contributed by atoms with Crippen LogP contribution in [0.5, 0.6) is 0 Å². The smallest absolute Gasteiger partial charge is 0.271 e. The number of nitro groups is 1. The second kappa shape index (κ2) is 10.8.